The van der Waals surface area contributed by atoms with Crippen molar-refractivity contribution in [1.82, 2.24) is 0 Å². The lowest BCUT2D eigenvalue weighted by molar-refractivity contribution is 1.07. The van der Waals surface area contributed by atoms with Gasteiger partial charge in [0, 0.05) is 26.8 Å². The van der Waals surface area contributed by atoms with Crippen molar-refractivity contribution in [3.8, 4) is 0 Å². The van der Waals surface area contributed by atoms with E-state index >= 15 is 0 Å². The normalized spacial score (nSPS) is 19.8. The van der Waals surface area contributed by atoms with Crippen LogP contribution in [0.1, 0.15) is 18.4 Å². The molecule has 2 aromatic rings. The minimum absolute atomic E-state index is 0.430. The maximum absolute atomic E-state index is 4.99. The van der Waals surface area contributed by atoms with E-state index in [2.05, 4.69) is 82.7 Å². The highest BCUT2D eigenvalue weighted by molar-refractivity contribution is 9.10. The number of nitrogens with zero attached hydrogens (tertiary/aromatic N) is 1. The molecule has 0 fully saturated rings. The van der Waals surface area contributed by atoms with Gasteiger partial charge in [-0.2, -0.15) is 0 Å². The number of hydrogen-bond acceptors (Lipinski definition) is 2. The molecule has 1 atom stereocenters. The zero-order chi connectivity index (χ0) is 15.6. The molecular weight excluding hydrogens is 366 g/mol. The molecule has 1 aliphatic heterocycles. The first-order chi connectivity index (χ1) is 11.3. The summed E-state index contributed by atoms with van der Waals surface area (Å²) in [5.41, 5.74) is 4.89. The van der Waals surface area contributed by atoms with E-state index < -0.39 is 0 Å². The predicted molar refractivity (Wildman–Crippen MR) is 103 cm³/mol. The van der Waals surface area contributed by atoms with Gasteiger partial charge in [-0.1, -0.05) is 58.4 Å². The van der Waals surface area contributed by atoms with E-state index in [9.17, 15) is 0 Å². The number of fused-ring (bicyclic) bond motifs is 1. The van der Waals surface area contributed by atoms with Crippen LogP contribution in [0.3, 0.4) is 0 Å². The van der Waals surface area contributed by atoms with Crippen molar-refractivity contribution >= 4 is 39.1 Å². The van der Waals surface area contributed by atoms with Crippen LogP contribution >= 0.6 is 27.7 Å². The van der Waals surface area contributed by atoms with E-state index in [0.717, 1.165) is 23.0 Å². The SMILES string of the molecule is Brc1ccc(C2=Nc3ccccc3SC(C3=CCC=C3)C2)cc1. The molecule has 1 aliphatic carbocycles. The van der Waals surface area contributed by atoms with Gasteiger partial charge >= 0.3 is 0 Å². The number of hydrogen-bond donors (Lipinski definition) is 0. The molecule has 1 heterocycles. The Kier molecular flexibility index (Phi) is 4.23. The summed E-state index contributed by atoms with van der Waals surface area (Å²) < 4.78 is 1.10. The Bertz CT molecular complexity index is 818. The number of thioether (sulfide) groups is 1. The number of allylic oxidation sites excluding steroid dienone is 3. The van der Waals surface area contributed by atoms with Crippen LogP contribution in [0.5, 0.6) is 0 Å². The fourth-order valence-corrected chi connectivity index (χ4v) is 4.45. The smallest absolute Gasteiger partial charge is 0.0769 e. The highest BCUT2D eigenvalue weighted by Gasteiger charge is 2.23. The summed E-state index contributed by atoms with van der Waals surface area (Å²) in [4.78, 5) is 6.26. The molecule has 4 rings (SSSR count). The van der Waals surface area contributed by atoms with Gasteiger partial charge in [-0.05, 0) is 41.8 Å². The first kappa shape index (κ1) is 15.0. The quantitative estimate of drug-likeness (QED) is 0.592. The van der Waals surface area contributed by atoms with Crippen LogP contribution in [0.15, 0.2) is 86.7 Å². The third-order valence-electron chi connectivity index (χ3n) is 4.12. The van der Waals surface area contributed by atoms with Crippen molar-refractivity contribution in [2.75, 3.05) is 0 Å². The van der Waals surface area contributed by atoms with E-state index in [0.29, 0.717) is 5.25 Å². The average molecular weight is 382 g/mol. The Hall–Kier alpha value is -1.58. The highest BCUT2D eigenvalue weighted by atomic mass is 79.9. The summed E-state index contributed by atoms with van der Waals surface area (Å²) in [5.74, 6) is 0. The van der Waals surface area contributed by atoms with Gasteiger partial charge in [0.1, 0.15) is 0 Å². The van der Waals surface area contributed by atoms with Crippen molar-refractivity contribution in [2.45, 2.75) is 23.0 Å². The predicted octanol–water partition coefficient (Wildman–Crippen LogP) is 6.32. The van der Waals surface area contributed by atoms with Gasteiger partial charge in [0.05, 0.1) is 5.69 Å². The number of benzene rings is 2. The van der Waals surface area contributed by atoms with Gasteiger partial charge in [-0.25, -0.2) is 0 Å². The van der Waals surface area contributed by atoms with E-state index in [1.165, 1.54) is 21.7 Å². The molecule has 0 saturated carbocycles. The Morgan fingerprint density at radius 1 is 1.04 bits per heavy atom. The maximum Gasteiger partial charge on any atom is 0.0769 e. The second-order valence-corrected chi connectivity index (χ2v) is 7.85. The second kappa shape index (κ2) is 6.50. The molecule has 1 unspecified atom stereocenters. The largest absolute Gasteiger partial charge is 0.252 e. The van der Waals surface area contributed by atoms with Crippen molar-refractivity contribution in [2.24, 2.45) is 4.99 Å². The van der Waals surface area contributed by atoms with Crippen molar-refractivity contribution in [3.05, 3.63) is 82.4 Å². The molecule has 0 bridgehead atoms. The molecule has 0 radical (unpaired) electrons. The number of aliphatic imine (C=N–C) groups is 1. The maximum atomic E-state index is 4.99. The molecule has 0 aromatic heterocycles. The fraction of sp³-hybridized carbons (Fsp3) is 0.150. The molecule has 0 saturated heterocycles. The van der Waals surface area contributed by atoms with Crippen molar-refractivity contribution < 1.29 is 0 Å². The first-order valence-electron chi connectivity index (χ1n) is 7.75. The summed E-state index contributed by atoms with van der Waals surface area (Å²) >= 11 is 5.45. The molecule has 114 valence electrons. The number of rotatable bonds is 2. The summed E-state index contributed by atoms with van der Waals surface area (Å²) in [6.45, 7) is 0. The number of halogens is 1. The van der Waals surface area contributed by atoms with Gasteiger partial charge in [-0.15, -0.1) is 11.8 Å². The molecule has 0 amide bonds. The molecule has 23 heavy (non-hydrogen) atoms. The van der Waals surface area contributed by atoms with Gasteiger partial charge < -0.3 is 0 Å². The standard InChI is InChI=1S/C20H16BrNS/c21-16-11-9-14(10-12-16)18-13-20(15-5-1-2-6-15)23-19-8-4-3-7-17(19)22-18/h1,3-12,20H,2,13H2. The van der Waals surface area contributed by atoms with Crippen molar-refractivity contribution in [3.63, 3.8) is 0 Å². The van der Waals surface area contributed by atoms with Crippen LogP contribution in [0.25, 0.3) is 0 Å². The lowest BCUT2D eigenvalue weighted by Gasteiger charge is -2.16. The van der Waals surface area contributed by atoms with Crippen LogP contribution in [0, 0.1) is 0 Å². The topological polar surface area (TPSA) is 12.4 Å². The third-order valence-corrected chi connectivity index (χ3v) is 5.97. The molecule has 1 nitrogen and oxygen atoms in total. The minimum Gasteiger partial charge on any atom is -0.252 e. The van der Waals surface area contributed by atoms with Gasteiger partial charge in [0.15, 0.2) is 0 Å². The fourth-order valence-electron chi connectivity index (χ4n) is 2.94. The van der Waals surface area contributed by atoms with Crippen LogP contribution < -0.4 is 0 Å². The Morgan fingerprint density at radius 3 is 2.65 bits per heavy atom. The summed E-state index contributed by atoms with van der Waals surface area (Å²) in [6, 6.07) is 16.9. The van der Waals surface area contributed by atoms with Crippen molar-refractivity contribution in [1.29, 1.82) is 0 Å². The van der Waals surface area contributed by atoms with E-state index in [-0.39, 0.29) is 0 Å². The molecule has 0 spiro atoms. The lowest BCUT2D eigenvalue weighted by atomic mass is 10.0. The van der Waals surface area contributed by atoms with Crippen LogP contribution in [0.2, 0.25) is 0 Å². The molecule has 0 N–H and O–H groups in total. The Labute approximate surface area is 149 Å². The third kappa shape index (κ3) is 3.22. The monoisotopic (exact) mass is 381 g/mol. The van der Waals surface area contributed by atoms with Gasteiger partial charge in [0.2, 0.25) is 0 Å². The van der Waals surface area contributed by atoms with Gasteiger partial charge in [0.25, 0.3) is 0 Å². The highest BCUT2D eigenvalue weighted by Crippen LogP contribution is 2.41. The van der Waals surface area contributed by atoms with E-state index in [1.54, 1.807) is 0 Å². The first-order valence-corrected chi connectivity index (χ1v) is 9.43. The average Bonchev–Trinajstić information content (AvgIpc) is 3.03. The van der Waals surface area contributed by atoms with Crippen LogP contribution in [-0.2, 0) is 0 Å². The molecule has 2 aliphatic rings. The Morgan fingerprint density at radius 2 is 1.87 bits per heavy atom. The van der Waals surface area contributed by atoms with E-state index in [4.69, 9.17) is 4.99 Å². The molecule has 2 aromatic carbocycles. The molecule has 3 heteroatoms. The summed E-state index contributed by atoms with van der Waals surface area (Å²) in [7, 11) is 0. The van der Waals surface area contributed by atoms with Crippen LogP contribution in [-0.4, -0.2) is 11.0 Å². The van der Waals surface area contributed by atoms with E-state index in [1.807, 2.05) is 11.8 Å². The zero-order valence-corrected chi connectivity index (χ0v) is 15.0. The van der Waals surface area contributed by atoms with Gasteiger partial charge in [-0.3, -0.25) is 4.99 Å². The van der Waals surface area contributed by atoms with Crippen LogP contribution in [0.4, 0.5) is 5.69 Å². The zero-order valence-electron chi connectivity index (χ0n) is 12.6. The summed E-state index contributed by atoms with van der Waals surface area (Å²) in [6.07, 6.45) is 8.86. The lowest BCUT2D eigenvalue weighted by Crippen LogP contribution is -2.11. The molecular formula is C20H16BrNS. The number of para-hydroxylation sites is 1. The summed E-state index contributed by atoms with van der Waals surface area (Å²) in [5, 5.41) is 0.430. The Balaban J connectivity index is 1.78. The minimum atomic E-state index is 0.430. The second-order valence-electron chi connectivity index (χ2n) is 5.69.